The Morgan fingerprint density at radius 1 is 1.30 bits per heavy atom. The topological polar surface area (TPSA) is 73.3 Å². The Labute approximate surface area is 119 Å². The molecule has 1 aromatic rings. The quantitative estimate of drug-likeness (QED) is 0.553. The molecule has 0 radical (unpaired) electrons. The van der Waals surface area contributed by atoms with E-state index in [1.807, 2.05) is 13.8 Å². The molecule has 0 aliphatic carbocycles. The van der Waals surface area contributed by atoms with Crippen LogP contribution in [0.4, 0.5) is 5.82 Å². The molecule has 1 N–H and O–H groups in total. The van der Waals surface area contributed by atoms with E-state index in [4.69, 9.17) is 4.74 Å². The lowest BCUT2D eigenvalue weighted by Gasteiger charge is -2.10. The summed E-state index contributed by atoms with van der Waals surface area (Å²) in [6.45, 7) is 4.69. The highest BCUT2D eigenvalue weighted by Crippen LogP contribution is 2.11. The van der Waals surface area contributed by atoms with Gasteiger partial charge in [0.25, 0.3) is 0 Å². The van der Waals surface area contributed by atoms with E-state index in [0.717, 1.165) is 25.8 Å². The fraction of sp³-hybridized carbons (Fsp3) is 0.643. The number of aromatic nitrogens is 2. The third kappa shape index (κ3) is 6.92. The van der Waals surface area contributed by atoms with Crippen LogP contribution in [0.25, 0.3) is 0 Å². The number of nitrogens with one attached hydrogen (secondary N) is 1. The van der Waals surface area contributed by atoms with E-state index in [0.29, 0.717) is 18.1 Å². The Morgan fingerprint density at radius 2 is 2.10 bits per heavy atom. The van der Waals surface area contributed by atoms with Crippen molar-refractivity contribution in [3.8, 4) is 5.88 Å². The Morgan fingerprint density at radius 3 is 2.80 bits per heavy atom. The first kappa shape index (κ1) is 16.2. The molecule has 0 spiro atoms. The summed E-state index contributed by atoms with van der Waals surface area (Å²) in [5.74, 6) is 1.08. The van der Waals surface area contributed by atoms with Crippen molar-refractivity contribution in [3.63, 3.8) is 0 Å². The molecule has 0 saturated carbocycles. The highest BCUT2D eigenvalue weighted by molar-refractivity contribution is 5.68. The van der Waals surface area contributed by atoms with Crippen molar-refractivity contribution in [1.82, 2.24) is 9.97 Å². The van der Waals surface area contributed by atoms with E-state index >= 15 is 0 Å². The summed E-state index contributed by atoms with van der Waals surface area (Å²) < 4.78 is 10.1. The Hall–Kier alpha value is -1.85. The highest BCUT2D eigenvalue weighted by Gasteiger charge is 2.02. The van der Waals surface area contributed by atoms with Crippen LogP contribution in [-0.4, -0.2) is 35.7 Å². The number of carbonyl (C=O) groups is 1. The smallest absolute Gasteiger partial charge is 0.305 e. The van der Waals surface area contributed by atoms with Crippen molar-refractivity contribution in [2.45, 2.75) is 45.6 Å². The first-order valence-electron chi connectivity index (χ1n) is 6.91. The molecule has 6 nitrogen and oxygen atoms in total. The maximum Gasteiger partial charge on any atom is 0.305 e. The van der Waals surface area contributed by atoms with Crippen molar-refractivity contribution in [2.24, 2.45) is 0 Å². The van der Waals surface area contributed by atoms with Gasteiger partial charge >= 0.3 is 5.97 Å². The molecule has 112 valence electrons. The minimum atomic E-state index is -0.151. The van der Waals surface area contributed by atoms with E-state index in [2.05, 4.69) is 20.0 Å². The fourth-order valence-electron chi connectivity index (χ4n) is 1.62. The molecular formula is C14H23N3O3. The molecule has 1 heterocycles. The van der Waals surface area contributed by atoms with E-state index in [9.17, 15) is 4.79 Å². The molecule has 0 aliphatic heterocycles. The molecule has 0 aromatic carbocycles. The van der Waals surface area contributed by atoms with Crippen molar-refractivity contribution in [3.05, 3.63) is 12.4 Å². The number of methoxy groups -OCH3 is 1. The van der Waals surface area contributed by atoms with Gasteiger partial charge in [0.1, 0.15) is 5.82 Å². The third-order valence-corrected chi connectivity index (χ3v) is 2.56. The number of anilines is 1. The molecule has 0 unspecified atom stereocenters. The summed E-state index contributed by atoms with van der Waals surface area (Å²) in [6, 6.07) is 0. The van der Waals surface area contributed by atoms with Gasteiger partial charge in [-0.3, -0.25) is 9.78 Å². The van der Waals surface area contributed by atoms with Gasteiger partial charge in [0.15, 0.2) is 0 Å². The standard InChI is InChI=1S/C14H23N3O3/c1-11(2)20-13-10-15-9-12(17-13)16-8-6-4-5-7-14(18)19-3/h9-11H,4-8H2,1-3H3,(H,16,17). The van der Waals surface area contributed by atoms with Gasteiger partial charge in [0.05, 0.1) is 25.6 Å². The molecule has 20 heavy (non-hydrogen) atoms. The van der Waals surface area contributed by atoms with Gasteiger partial charge in [-0.15, -0.1) is 0 Å². The highest BCUT2D eigenvalue weighted by atomic mass is 16.5. The SMILES string of the molecule is COC(=O)CCCCCNc1cncc(OC(C)C)n1. The summed E-state index contributed by atoms with van der Waals surface area (Å²) in [5, 5.41) is 3.19. The summed E-state index contributed by atoms with van der Waals surface area (Å²) >= 11 is 0. The second-order valence-corrected chi connectivity index (χ2v) is 4.72. The van der Waals surface area contributed by atoms with E-state index < -0.39 is 0 Å². The van der Waals surface area contributed by atoms with Crippen molar-refractivity contribution in [2.75, 3.05) is 19.0 Å². The van der Waals surface area contributed by atoms with Gasteiger partial charge < -0.3 is 14.8 Å². The van der Waals surface area contributed by atoms with Gasteiger partial charge in [-0.05, 0) is 26.7 Å². The van der Waals surface area contributed by atoms with Crippen LogP contribution in [0.15, 0.2) is 12.4 Å². The zero-order chi connectivity index (χ0) is 14.8. The first-order valence-corrected chi connectivity index (χ1v) is 6.91. The largest absolute Gasteiger partial charge is 0.474 e. The molecule has 1 aromatic heterocycles. The normalized spacial score (nSPS) is 10.4. The van der Waals surface area contributed by atoms with Crippen LogP contribution in [0.2, 0.25) is 0 Å². The van der Waals surface area contributed by atoms with E-state index in [-0.39, 0.29) is 12.1 Å². The van der Waals surface area contributed by atoms with Crippen LogP contribution < -0.4 is 10.1 Å². The number of ether oxygens (including phenoxy) is 2. The van der Waals surface area contributed by atoms with Crippen LogP contribution in [0.3, 0.4) is 0 Å². The molecular weight excluding hydrogens is 258 g/mol. The van der Waals surface area contributed by atoms with Gasteiger partial charge in [0, 0.05) is 13.0 Å². The number of carbonyl (C=O) groups excluding carboxylic acids is 1. The minimum Gasteiger partial charge on any atom is -0.474 e. The van der Waals surface area contributed by atoms with Crippen LogP contribution >= 0.6 is 0 Å². The number of esters is 1. The lowest BCUT2D eigenvalue weighted by Crippen LogP contribution is -2.09. The minimum absolute atomic E-state index is 0.0814. The van der Waals surface area contributed by atoms with Gasteiger partial charge in [-0.1, -0.05) is 6.42 Å². The molecule has 1 rings (SSSR count). The molecule has 0 aliphatic rings. The molecule has 0 saturated heterocycles. The van der Waals surface area contributed by atoms with Crippen molar-refractivity contribution in [1.29, 1.82) is 0 Å². The Balaban J connectivity index is 2.20. The fourth-order valence-corrected chi connectivity index (χ4v) is 1.62. The predicted octanol–water partition coefficient (Wildman–Crippen LogP) is 2.41. The zero-order valence-corrected chi connectivity index (χ0v) is 12.4. The van der Waals surface area contributed by atoms with Crippen LogP contribution in [0.5, 0.6) is 5.88 Å². The number of nitrogens with zero attached hydrogens (tertiary/aromatic N) is 2. The molecule has 6 heteroatoms. The average molecular weight is 281 g/mol. The van der Waals surface area contributed by atoms with Crippen LogP contribution in [0.1, 0.15) is 39.5 Å². The van der Waals surface area contributed by atoms with Gasteiger partial charge in [-0.25, -0.2) is 0 Å². The average Bonchev–Trinajstić information content (AvgIpc) is 2.42. The summed E-state index contributed by atoms with van der Waals surface area (Å²) in [6.07, 6.45) is 6.61. The lowest BCUT2D eigenvalue weighted by atomic mass is 10.2. The van der Waals surface area contributed by atoms with Crippen molar-refractivity contribution < 1.29 is 14.3 Å². The summed E-state index contributed by atoms with van der Waals surface area (Å²) in [5.41, 5.74) is 0. The van der Waals surface area contributed by atoms with Gasteiger partial charge in [0.2, 0.25) is 5.88 Å². The number of unbranched alkanes of at least 4 members (excludes halogenated alkanes) is 2. The van der Waals surface area contributed by atoms with Gasteiger partial charge in [-0.2, -0.15) is 4.98 Å². The lowest BCUT2D eigenvalue weighted by molar-refractivity contribution is -0.140. The Kier molecular flexibility index (Phi) is 7.39. The number of hydrogen-bond donors (Lipinski definition) is 1. The maximum absolute atomic E-state index is 10.9. The maximum atomic E-state index is 10.9. The second kappa shape index (κ2) is 9.12. The Bertz CT molecular complexity index is 410. The second-order valence-electron chi connectivity index (χ2n) is 4.72. The molecule has 0 atom stereocenters. The van der Waals surface area contributed by atoms with E-state index in [1.54, 1.807) is 12.4 Å². The van der Waals surface area contributed by atoms with E-state index in [1.165, 1.54) is 7.11 Å². The monoisotopic (exact) mass is 281 g/mol. The molecule has 0 bridgehead atoms. The summed E-state index contributed by atoms with van der Waals surface area (Å²) in [7, 11) is 1.41. The van der Waals surface area contributed by atoms with Crippen LogP contribution in [0, 0.1) is 0 Å². The third-order valence-electron chi connectivity index (χ3n) is 2.56. The zero-order valence-electron chi connectivity index (χ0n) is 12.4. The molecule has 0 fully saturated rings. The predicted molar refractivity (Wildman–Crippen MR) is 76.8 cm³/mol. The summed E-state index contributed by atoms with van der Waals surface area (Å²) in [4.78, 5) is 19.3. The number of hydrogen-bond acceptors (Lipinski definition) is 6. The number of rotatable bonds is 9. The van der Waals surface area contributed by atoms with Crippen LogP contribution in [-0.2, 0) is 9.53 Å². The van der Waals surface area contributed by atoms with Crippen molar-refractivity contribution >= 4 is 11.8 Å². The molecule has 0 amide bonds. The first-order chi connectivity index (χ1) is 9.61.